The van der Waals surface area contributed by atoms with Crippen LogP contribution in [0.15, 0.2) is 23.8 Å². The average Bonchev–Trinajstić information content (AvgIpc) is 2.35. The molecule has 3 heteroatoms. The number of allylic oxidation sites excluding steroid dienone is 1. The van der Waals surface area contributed by atoms with Crippen molar-refractivity contribution < 1.29 is 14.6 Å². The Morgan fingerprint density at radius 3 is 2.25 bits per heavy atom. The van der Waals surface area contributed by atoms with Crippen molar-refractivity contribution in [1.29, 1.82) is 0 Å². The lowest BCUT2D eigenvalue weighted by Gasteiger charge is -2.47. The van der Waals surface area contributed by atoms with Gasteiger partial charge >= 0.3 is 0 Å². The van der Waals surface area contributed by atoms with Gasteiger partial charge in [-0.15, -0.1) is 6.58 Å². The zero-order valence-electron chi connectivity index (χ0n) is 13.4. The van der Waals surface area contributed by atoms with E-state index in [0.717, 1.165) is 17.6 Å². The molecule has 0 bridgehead atoms. The van der Waals surface area contributed by atoms with Gasteiger partial charge in [0.1, 0.15) is 0 Å². The van der Waals surface area contributed by atoms with Gasteiger partial charge in [-0.3, -0.25) is 0 Å². The normalized spacial score (nSPS) is 34.1. The maximum absolute atomic E-state index is 10.3. The molecule has 0 unspecified atom stereocenters. The standard InChI is InChI=1S/C17H28O3/c1-7-12-8-13(18)11(2)14(17(12,5)6)15-19-9-16(3,4)10-20-15/h7,12-13,15,18H,1,8-10H2,2-6H3/t12-,13+/m1/s1. The van der Waals surface area contributed by atoms with Crippen LogP contribution >= 0.6 is 0 Å². The van der Waals surface area contributed by atoms with Crippen molar-refractivity contribution in [3.8, 4) is 0 Å². The number of hydrogen-bond donors (Lipinski definition) is 1. The molecule has 0 spiro atoms. The third-order valence-corrected chi connectivity index (χ3v) is 4.79. The van der Waals surface area contributed by atoms with Crippen molar-refractivity contribution in [2.75, 3.05) is 13.2 Å². The van der Waals surface area contributed by atoms with Crippen LogP contribution in [-0.2, 0) is 9.47 Å². The van der Waals surface area contributed by atoms with Crippen LogP contribution in [0.25, 0.3) is 0 Å². The summed E-state index contributed by atoms with van der Waals surface area (Å²) in [4.78, 5) is 0. The van der Waals surface area contributed by atoms with Crippen LogP contribution in [0.5, 0.6) is 0 Å². The highest BCUT2D eigenvalue weighted by Gasteiger charge is 2.44. The SMILES string of the molecule is C=C[C@@H]1C[C@H](O)C(C)=C(C2OCC(C)(C)CO2)C1(C)C. The predicted molar refractivity (Wildman–Crippen MR) is 80.3 cm³/mol. The maximum atomic E-state index is 10.3. The summed E-state index contributed by atoms with van der Waals surface area (Å²) in [6.07, 6.45) is 1.91. The van der Waals surface area contributed by atoms with E-state index in [9.17, 15) is 5.11 Å². The molecule has 0 radical (unpaired) electrons. The molecule has 0 saturated carbocycles. The summed E-state index contributed by atoms with van der Waals surface area (Å²) in [6.45, 7) is 15.9. The monoisotopic (exact) mass is 280 g/mol. The van der Waals surface area contributed by atoms with E-state index < -0.39 is 6.10 Å². The van der Waals surface area contributed by atoms with E-state index in [4.69, 9.17) is 9.47 Å². The minimum absolute atomic E-state index is 0.0558. The summed E-state index contributed by atoms with van der Waals surface area (Å²) >= 11 is 0. The topological polar surface area (TPSA) is 38.7 Å². The molecule has 2 atom stereocenters. The largest absolute Gasteiger partial charge is 0.389 e. The number of ether oxygens (including phenoxy) is 2. The molecule has 2 aliphatic rings. The van der Waals surface area contributed by atoms with Crippen molar-refractivity contribution in [3.05, 3.63) is 23.8 Å². The highest BCUT2D eigenvalue weighted by Crippen LogP contribution is 2.48. The summed E-state index contributed by atoms with van der Waals surface area (Å²) in [7, 11) is 0. The van der Waals surface area contributed by atoms with Crippen LogP contribution < -0.4 is 0 Å². The van der Waals surface area contributed by atoms with Crippen LogP contribution in [0.4, 0.5) is 0 Å². The smallest absolute Gasteiger partial charge is 0.180 e. The lowest BCUT2D eigenvalue weighted by molar-refractivity contribution is -0.210. The molecule has 114 valence electrons. The van der Waals surface area contributed by atoms with Gasteiger partial charge in [0.05, 0.1) is 19.3 Å². The fourth-order valence-electron chi connectivity index (χ4n) is 3.34. The van der Waals surface area contributed by atoms with Crippen molar-refractivity contribution in [3.63, 3.8) is 0 Å². The maximum Gasteiger partial charge on any atom is 0.180 e. The first-order valence-electron chi connectivity index (χ1n) is 7.44. The number of aliphatic hydroxyl groups is 1. The summed E-state index contributed by atoms with van der Waals surface area (Å²) in [5.41, 5.74) is 2.05. The summed E-state index contributed by atoms with van der Waals surface area (Å²) < 4.78 is 11.9. The molecule has 1 N–H and O–H groups in total. The molecule has 0 amide bonds. The van der Waals surface area contributed by atoms with Gasteiger partial charge < -0.3 is 14.6 Å². The fourth-order valence-corrected chi connectivity index (χ4v) is 3.34. The Kier molecular flexibility index (Phi) is 4.16. The summed E-state index contributed by atoms with van der Waals surface area (Å²) in [5.74, 6) is 0.235. The molecule has 3 nitrogen and oxygen atoms in total. The zero-order valence-corrected chi connectivity index (χ0v) is 13.4. The van der Waals surface area contributed by atoms with Gasteiger partial charge in [-0.05, 0) is 35.8 Å². The molecule has 0 aromatic carbocycles. The van der Waals surface area contributed by atoms with Gasteiger partial charge in [-0.25, -0.2) is 0 Å². The van der Waals surface area contributed by atoms with Crippen LogP contribution in [0.1, 0.15) is 41.0 Å². The van der Waals surface area contributed by atoms with Gasteiger partial charge in [0.2, 0.25) is 0 Å². The predicted octanol–water partition coefficient (Wildman–Crippen LogP) is 3.30. The van der Waals surface area contributed by atoms with Crippen molar-refractivity contribution in [1.82, 2.24) is 0 Å². The first kappa shape index (κ1) is 15.7. The molecule has 0 aromatic rings. The molecule has 1 aliphatic carbocycles. The van der Waals surface area contributed by atoms with Crippen molar-refractivity contribution in [2.45, 2.75) is 53.4 Å². The number of rotatable bonds is 2. The lowest BCUT2D eigenvalue weighted by atomic mass is 9.64. The van der Waals surface area contributed by atoms with Gasteiger partial charge in [0.25, 0.3) is 0 Å². The lowest BCUT2D eigenvalue weighted by Crippen LogP contribution is -2.46. The second kappa shape index (κ2) is 5.28. The van der Waals surface area contributed by atoms with Crippen LogP contribution in [0.2, 0.25) is 0 Å². The Balaban J connectivity index is 2.31. The Morgan fingerprint density at radius 2 is 1.75 bits per heavy atom. The highest BCUT2D eigenvalue weighted by molar-refractivity contribution is 5.31. The summed E-state index contributed by atoms with van der Waals surface area (Å²) in [5, 5.41) is 10.3. The van der Waals surface area contributed by atoms with Gasteiger partial charge in [-0.1, -0.05) is 33.8 Å². The number of aliphatic hydroxyl groups excluding tert-OH is 1. The minimum Gasteiger partial charge on any atom is -0.389 e. The molecule has 20 heavy (non-hydrogen) atoms. The van der Waals surface area contributed by atoms with Crippen molar-refractivity contribution in [2.24, 2.45) is 16.7 Å². The Bertz CT molecular complexity index is 410. The Labute approximate surface area is 122 Å². The molecular formula is C17H28O3. The van der Waals surface area contributed by atoms with E-state index >= 15 is 0 Å². The molecule has 0 aromatic heterocycles. The molecular weight excluding hydrogens is 252 g/mol. The first-order chi connectivity index (χ1) is 9.19. The van der Waals surface area contributed by atoms with Gasteiger partial charge in [0, 0.05) is 5.41 Å². The van der Waals surface area contributed by atoms with E-state index in [0.29, 0.717) is 13.2 Å². The van der Waals surface area contributed by atoms with Gasteiger partial charge in [0.15, 0.2) is 6.29 Å². The van der Waals surface area contributed by atoms with Crippen LogP contribution in [0.3, 0.4) is 0 Å². The van der Waals surface area contributed by atoms with Gasteiger partial charge in [-0.2, -0.15) is 0 Å². The molecule has 1 aliphatic heterocycles. The average molecular weight is 280 g/mol. The van der Waals surface area contributed by atoms with Crippen LogP contribution in [-0.4, -0.2) is 30.7 Å². The number of hydrogen-bond acceptors (Lipinski definition) is 3. The van der Waals surface area contributed by atoms with E-state index in [2.05, 4.69) is 34.3 Å². The molecule has 1 fully saturated rings. The van der Waals surface area contributed by atoms with E-state index in [-0.39, 0.29) is 23.0 Å². The second-order valence-electron chi connectivity index (χ2n) is 7.53. The fraction of sp³-hybridized carbons (Fsp3) is 0.765. The minimum atomic E-state index is -0.428. The third-order valence-electron chi connectivity index (χ3n) is 4.79. The second-order valence-corrected chi connectivity index (χ2v) is 7.53. The van der Waals surface area contributed by atoms with E-state index in [1.54, 1.807) is 0 Å². The first-order valence-corrected chi connectivity index (χ1v) is 7.44. The van der Waals surface area contributed by atoms with Crippen LogP contribution in [0, 0.1) is 16.7 Å². The molecule has 1 heterocycles. The van der Waals surface area contributed by atoms with Crippen molar-refractivity contribution >= 4 is 0 Å². The Morgan fingerprint density at radius 1 is 1.20 bits per heavy atom. The quantitative estimate of drug-likeness (QED) is 0.789. The summed E-state index contributed by atoms with van der Waals surface area (Å²) in [6, 6.07) is 0. The zero-order chi connectivity index (χ0) is 15.1. The highest BCUT2D eigenvalue weighted by atomic mass is 16.7. The van der Waals surface area contributed by atoms with E-state index in [1.165, 1.54) is 0 Å². The molecule has 2 rings (SSSR count). The Hall–Kier alpha value is -0.640. The molecule has 1 saturated heterocycles. The third kappa shape index (κ3) is 2.72. The van der Waals surface area contributed by atoms with E-state index in [1.807, 2.05) is 13.0 Å².